The van der Waals surface area contributed by atoms with Gasteiger partial charge in [-0.15, -0.1) is 11.3 Å². The summed E-state index contributed by atoms with van der Waals surface area (Å²) in [4.78, 5) is 53.8. The van der Waals surface area contributed by atoms with Crippen LogP contribution in [0.5, 0.6) is 0 Å². The molecule has 11 heteroatoms. The van der Waals surface area contributed by atoms with E-state index >= 15 is 0 Å². The van der Waals surface area contributed by atoms with Crippen LogP contribution in [0.4, 0.5) is 5.13 Å². The summed E-state index contributed by atoms with van der Waals surface area (Å²) in [6, 6.07) is 17.7. The molecule has 1 N–H and O–H groups in total. The van der Waals surface area contributed by atoms with Gasteiger partial charge in [0.25, 0.3) is 0 Å². The smallest absolute Gasteiger partial charge is 0.246 e. The van der Waals surface area contributed by atoms with Crippen molar-refractivity contribution in [3.05, 3.63) is 111 Å². The Morgan fingerprint density at radius 3 is 2.57 bits per heavy atom. The number of ketones is 2. The first-order chi connectivity index (χ1) is 23.7. The van der Waals surface area contributed by atoms with Crippen LogP contribution in [-0.2, 0) is 22.6 Å². The molecule has 1 amide bonds. The number of benzene rings is 3. The monoisotopic (exact) mass is 686 g/mol. The van der Waals surface area contributed by atoms with Gasteiger partial charge in [-0.1, -0.05) is 80.9 Å². The van der Waals surface area contributed by atoms with Crippen LogP contribution in [0.15, 0.2) is 78.8 Å². The molecule has 244 valence electrons. The first-order valence-corrected chi connectivity index (χ1v) is 17.2. The van der Waals surface area contributed by atoms with Gasteiger partial charge in [0.15, 0.2) is 16.6 Å². The van der Waals surface area contributed by atoms with Gasteiger partial charge in [-0.05, 0) is 57.3 Å². The van der Waals surface area contributed by atoms with E-state index < -0.39 is 0 Å². The summed E-state index contributed by atoms with van der Waals surface area (Å²) >= 11 is 7.44. The highest BCUT2D eigenvalue weighted by Crippen LogP contribution is 2.30. The average Bonchev–Trinajstić information content (AvgIpc) is 3.75. The van der Waals surface area contributed by atoms with Crippen LogP contribution in [-0.4, -0.2) is 42.0 Å². The van der Waals surface area contributed by atoms with Crippen molar-refractivity contribution in [3.63, 3.8) is 0 Å². The Hall–Kier alpha value is -5.32. The minimum Gasteiger partial charge on any atom is -0.318 e. The quantitative estimate of drug-likeness (QED) is 0.228. The summed E-state index contributed by atoms with van der Waals surface area (Å²) in [6.45, 7) is 6.11. The SMILES string of the molecule is CC1C=c2c(ccc3c2=CC(=O)c2cc(Cl)ccc2-3)C(C)C1=O.CCc1ccc(-c2csc(NC(=O)Cn3cnc4ncncc43)n2)cc1. The van der Waals surface area contributed by atoms with Crippen molar-refractivity contribution in [3.8, 4) is 22.4 Å². The molecule has 2 unspecified atom stereocenters. The van der Waals surface area contributed by atoms with Gasteiger partial charge in [0.05, 0.1) is 18.2 Å². The molecule has 3 aromatic heterocycles. The van der Waals surface area contributed by atoms with Crippen molar-refractivity contribution in [2.45, 2.75) is 39.7 Å². The minimum absolute atomic E-state index is 0.0333. The first-order valence-electron chi connectivity index (χ1n) is 15.9. The van der Waals surface area contributed by atoms with Gasteiger partial charge in [0, 0.05) is 33.4 Å². The van der Waals surface area contributed by atoms with E-state index in [0.717, 1.165) is 50.3 Å². The number of rotatable bonds is 5. The minimum atomic E-state index is -0.171. The van der Waals surface area contributed by atoms with Crippen LogP contribution in [0.1, 0.15) is 48.2 Å². The number of amides is 1. The number of hydrogen-bond donors (Lipinski definition) is 1. The van der Waals surface area contributed by atoms with Gasteiger partial charge in [-0.25, -0.2) is 19.9 Å². The van der Waals surface area contributed by atoms with Crippen molar-refractivity contribution in [2.24, 2.45) is 5.92 Å². The number of carbonyl (C=O) groups is 3. The summed E-state index contributed by atoms with van der Waals surface area (Å²) in [5, 5.41) is 7.86. The molecule has 0 spiro atoms. The van der Waals surface area contributed by atoms with E-state index in [4.69, 9.17) is 11.6 Å². The van der Waals surface area contributed by atoms with Crippen LogP contribution >= 0.6 is 22.9 Å². The zero-order valence-electron chi connectivity index (χ0n) is 27.0. The Bertz CT molecular complexity index is 2400. The number of nitrogens with one attached hydrogen (secondary N) is 1. The second-order valence-corrected chi connectivity index (χ2v) is 13.3. The molecule has 3 aromatic carbocycles. The van der Waals surface area contributed by atoms with Gasteiger partial charge >= 0.3 is 0 Å². The number of Topliss-reactive ketones (excluding diaryl/α,β-unsaturated/α-hetero) is 2. The molecule has 0 saturated carbocycles. The normalized spacial score (nSPS) is 16.0. The predicted octanol–water partition coefficient (Wildman–Crippen LogP) is 6.24. The number of aromatic nitrogens is 5. The molecule has 0 saturated heterocycles. The second-order valence-electron chi connectivity index (χ2n) is 12.0. The lowest BCUT2D eigenvalue weighted by atomic mass is 9.79. The van der Waals surface area contributed by atoms with Gasteiger partial charge in [0.2, 0.25) is 5.91 Å². The number of thiazole rings is 1. The summed E-state index contributed by atoms with van der Waals surface area (Å²) in [5.74, 6) is -0.235. The van der Waals surface area contributed by atoms with Gasteiger partial charge < -0.3 is 9.88 Å². The van der Waals surface area contributed by atoms with Gasteiger partial charge in [-0.3, -0.25) is 14.4 Å². The van der Waals surface area contributed by atoms with E-state index in [9.17, 15) is 14.4 Å². The van der Waals surface area contributed by atoms with Crippen LogP contribution in [0.3, 0.4) is 0 Å². The van der Waals surface area contributed by atoms with Crippen LogP contribution < -0.4 is 15.8 Å². The molecular weight excluding hydrogens is 656 g/mol. The number of aryl methyl sites for hydroxylation is 1. The zero-order valence-corrected chi connectivity index (χ0v) is 28.5. The average molecular weight is 687 g/mol. The molecule has 49 heavy (non-hydrogen) atoms. The molecule has 2 aliphatic rings. The molecule has 9 nitrogen and oxygen atoms in total. The van der Waals surface area contributed by atoms with Gasteiger partial charge in [0.1, 0.15) is 24.2 Å². The van der Waals surface area contributed by atoms with E-state index in [-0.39, 0.29) is 35.9 Å². The molecule has 3 heterocycles. The maximum absolute atomic E-state index is 12.5. The third kappa shape index (κ3) is 6.32. The maximum atomic E-state index is 12.5. The molecule has 0 radical (unpaired) electrons. The largest absolute Gasteiger partial charge is 0.318 e. The third-order valence-corrected chi connectivity index (χ3v) is 9.91. The van der Waals surface area contributed by atoms with E-state index in [2.05, 4.69) is 56.4 Å². The summed E-state index contributed by atoms with van der Waals surface area (Å²) in [6.07, 6.45) is 9.34. The highest BCUT2D eigenvalue weighted by atomic mass is 35.5. The van der Waals surface area contributed by atoms with E-state index in [1.54, 1.807) is 35.3 Å². The van der Waals surface area contributed by atoms with Crippen LogP contribution in [0.2, 0.25) is 5.02 Å². The number of nitrogens with zero attached hydrogens (tertiary/aromatic N) is 5. The van der Waals surface area contributed by atoms with Crippen LogP contribution in [0, 0.1) is 5.92 Å². The van der Waals surface area contributed by atoms with Crippen molar-refractivity contribution in [1.29, 1.82) is 0 Å². The van der Waals surface area contributed by atoms with Crippen molar-refractivity contribution >= 4 is 68.9 Å². The Kier molecular flexibility index (Phi) is 8.75. The zero-order chi connectivity index (χ0) is 34.2. The number of halogens is 1. The Balaban J connectivity index is 0.000000155. The highest BCUT2D eigenvalue weighted by Gasteiger charge is 2.27. The number of anilines is 1. The topological polar surface area (TPSA) is 120 Å². The molecule has 0 aliphatic heterocycles. The van der Waals surface area contributed by atoms with E-state index in [1.807, 2.05) is 43.5 Å². The van der Waals surface area contributed by atoms with Crippen LogP contribution in [0.25, 0.3) is 45.7 Å². The molecular formula is C38H31ClN6O3S. The summed E-state index contributed by atoms with van der Waals surface area (Å²) in [7, 11) is 0. The van der Waals surface area contributed by atoms with Crippen molar-refractivity contribution in [1.82, 2.24) is 24.5 Å². The Morgan fingerprint density at radius 1 is 0.980 bits per heavy atom. The Morgan fingerprint density at radius 2 is 1.78 bits per heavy atom. The molecule has 0 fully saturated rings. The Labute approximate surface area is 291 Å². The fraction of sp³-hybridized carbons (Fsp3) is 0.184. The molecule has 8 rings (SSSR count). The van der Waals surface area contributed by atoms with Crippen molar-refractivity contribution in [2.75, 3.05) is 5.32 Å². The third-order valence-electron chi connectivity index (χ3n) is 8.92. The van der Waals surface area contributed by atoms with E-state index in [0.29, 0.717) is 21.4 Å². The highest BCUT2D eigenvalue weighted by molar-refractivity contribution is 7.14. The van der Waals surface area contributed by atoms with E-state index in [1.165, 1.54) is 23.2 Å². The molecule has 6 aromatic rings. The molecule has 2 aliphatic carbocycles. The first kappa shape index (κ1) is 32.2. The standard InChI is InChI=1S/C20H15ClO2.C18H16N6OS/c1-10-7-16-13(11(2)20(10)23)5-6-14-15-4-3-12(21)8-18(15)19(22)9-17(14)16;1-2-12-3-5-13(6-4-12)14-9-26-18(22-14)23-16(25)8-24-11-21-17-15(24)7-19-10-20-17/h3-11H,1-2H3;3-7,9-11H,2,8H2,1H3,(H,22,23,25). The predicted molar refractivity (Wildman–Crippen MR) is 193 cm³/mol. The van der Waals surface area contributed by atoms with Gasteiger partial charge in [-0.2, -0.15) is 0 Å². The number of carbonyl (C=O) groups excluding carboxylic acids is 3. The second kappa shape index (κ2) is 13.3. The molecule has 2 atom stereocenters. The summed E-state index contributed by atoms with van der Waals surface area (Å²) < 4.78 is 1.71. The molecule has 0 bridgehead atoms. The maximum Gasteiger partial charge on any atom is 0.246 e. The lowest BCUT2D eigenvalue weighted by Gasteiger charge is -2.23. The summed E-state index contributed by atoms with van der Waals surface area (Å²) in [5.41, 5.74) is 8.05. The van der Waals surface area contributed by atoms with Crippen molar-refractivity contribution < 1.29 is 14.4 Å². The lowest BCUT2D eigenvalue weighted by Crippen LogP contribution is -2.40. The number of fused-ring (bicyclic) bond motifs is 6. The fourth-order valence-corrected chi connectivity index (χ4v) is 7.18. The number of hydrogen-bond acceptors (Lipinski definition) is 8. The fourth-order valence-electron chi connectivity index (χ4n) is 6.27. The lowest BCUT2D eigenvalue weighted by molar-refractivity contribution is -0.122. The number of imidazole rings is 1.